The highest BCUT2D eigenvalue weighted by Crippen LogP contribution is 2.17. The highest BCUT2D eigenvalue weighted by atomic mass is 16.1. The molecule has 0 atom stereocenters. The zero-order valence-corrected chi connectivity index (χ0v) is 13.6. The first-order chi connectivity index (χ1) is 9.92. The second-order valence-corrected chi connectivity index (χ2v) is 6.18. The summed E-state index contributed by atoms with van der Waals surface area (Å²) in [6.07, 6.45) is 2.03. The average molecular weight is 292 g/mol. The Hall–Kier alpha value is -1.62. The number of hydrogen-bond donors (Lipinski definition) is 2. The van der Waals surface area contributed by atoms with Crippen molar-refractivity contribution < 1.29 is 4.79 Å². The van der Waals surface area contributed by atoms with Crippen LogP contribution in [0.15, 0.2) is 18.3 Å². The molecule has 0 spiro atoms. The van der Waals surface area contributed by atoms with E-state index >= 15 is 0 Å². The van der Waals surface area contributed by atoms with Gasteiger partial charge >= 0.3 is 0 Å². The minimum atomic E-state index is -0.0757. The Labute approximate surface area is 127 Å². The van der Waals surface area contributed by atoms with Crippen molar-refractivity contribution in [1.82, 2.24) is 4.98 Å². The topological polar surface area (TPSA) is 71.2 Å². The second-order valence-electron chi connectivity index (χ2n) is 6.18. The lowest BCUT2D eigenvalue weighted by Gasteiger charge is -2.27. The van der Waals surface area contributed by atoms with Crippen molar-refractivity contribution in [1.29, 1.82) is 0 Å². The van der Waals surface area contributed by atoms with Gasteiger partial charge in [-0.1, -0.05) is 27.7 Å². The normalized spacial score (nSPS) is 11.0. The minimum Gasteiger partial charge on any atom is -0.356 e. The van der Waals surface area contributed by atoms with Crippen molar-refractivity contribution in [3.05, 3.63) is 18.3 Å². The molecule has 0 saturated carbocycles. The van der Waals surface area contributed by atoms with Gasteiger partial charge in [-0.3, -0.25) is 4.79 Å². The van der Waals surface area contributed by atoms with Crippen LogP contribution in [0.5, 0.6) is 0 Å². The Morgan fingerprint density at radius 3 is 2.29 bits per heavy atom. The Morgan fingerprint density at radius 1 is 1.24 bits per heavy atom. The van der Waals surface area contributed by atoms with Crippen LogP contribution in [0.1, 0.15) is 34.1 Å². The molecule has 1 aromatic heterocycles. The van der Waals surface area contributed by atoms with Gasteiger partial charge < -0.3 is 16.0 Å². The lowest BCUT2D eigenvalue weighted by atomic mass is 10.1. The summed E-state index contributed by atoms with van der Waals surface area (Å²) in [7, 11) is 0. The van der Waals surface area contributed by atoms with E-state index in [0.717, 1.165) is 18.9 Å². The fraction of sp³-hybridized carbons (Fsp3) is 0.625. The van der Waals surface area contributed by atoms with Crippen molar-refractivity contribution >= 4 is 17.4 Å². The maximum Gasteiger partial charge on any atom is 0.225 e. The molecule has 118 valence electrons. The van der Waals surface area contributed by atoms with Crippen molar-refractivity contribution in [2.24, 2.45) is 17.6 Å². The molecule has 5 nitrogen and oxygen atoms in total. The van der Waals surface area contributed by atoms with Gasteiger partial charge in [0, 0.05) is 26.1 Å². The molecule has 0 aliphatic carbocycles. The van der Waals surface area contributed by atoms with Gasteiger partial charge in [0.05, 0.1) is 11.9 Å². The largest absolute Gasteiger partial charge is 0.356 e. The van der Waals surface area contributed by atoms with E-state index in [1.165, 1.54) is 0 Å². The van der Waals surface area contributed by atoms with E-state index in [1.54, 1.807) is 6.20 Å². The van der Waals surface area contributed by atoms with Gasteiger partial charge in [-0.05, 0) is 24.0 Å². The van der Waals surface area contributed by atoms with E-state index in [-0.39, 0.29) is 5.91 Å². The summed E-state index contributed by atoms with van der Waals surface area (Å²) in [5, 5.41) is 2.79. The van der Waals surface area contributed by atoms with Gasteiger partial charge in [0.2, 0.25) is 5.91 Å². The smallest absolute Gasteiger partial charge is 0.225 e. The van der Waals surface area contributed by atoms with E-state index in [9.17, 15) is 4.79 Å². The van der Waals surface area contributed by atoms with Crippen molar-refractivity contribution in [3.8, 4) is 0 Å². The fourth-order valence-electron chi connectivity index (χ4n) is 2.14. The predicted molar refractivity (Wildman–Crippen MR) is 88.4 cm³/mol. The summed E-state index contributed by atoms with van der Waals surface area (Å²) in [6, 6.07) is 3.85. The average Bonchev–Trinajstić information content (AvgIpc) is 2.38. The first kappa shape index (κ1) is 17.4. The third kappa shape index (κ3) is 6.58. The van der Waals surface area contributed by atoms with Crippen molar-refractivity contribution in [2.75, 3.05) is 29.9 Å². The number of nitrogens with two attached hydrogens (primary N) is 1. The second kappa shape index (κ2) is 8.62. The standard InChI is InChI=1S/C16H28N4O/c1-12(2)10-20(11-13(3)4)15-6-5-14(9-18-15)19-16(21)7-8-17/h5-6,9,12-13H,7-8,10-11,17H2,1-4H3,(H,19,21). The van der Waals surface area contributed by atoms with Gasteiger partial charge in [0.25, 0.3) is 0 Å². The summed E-state index contributed by atoms with van der Waals surface area (Å²) in [6.45, 7) is 11.1. The molecular weight excluding hydrogens is 264 g/mol. The van der Waals surface area contributed by atoms with E-state index in [2.05, 4.69) is 42.9 Å². The van der Waals surface area contributed by atoms with Crippen LogP contribution in [-0.4, -0.2) is 30.5 Å². The Morgan fingerprint density at radius 2 is 1.86 bits per heavy atom. The molecule has 0 fully saturated rings. The van der Waals surface area contributed by atoms with Gasteiger partial charge in [-0.2, -0.15) is 0 Å². The van der Waals surface area contributed by atoms with Gasteiger partial charge in [0.1, 0.15) is 5.82 Å². The molecule has 1 rings (SSSR count). The number of hydrogen-bond acceptors (Lipinski definition) is 4. The summed E-state index contributed by atoms with van der Waals surface area (Å²) >= 11 is 0. The zero-order chi connectivity index (χ0) is 15.8. The van der Waals surface area contributed by atoms with Crippen molar-refractivity contribution in [2.45, 2.75) is 34.1 Å². The summed E-state index contributed by atoms with van der Waals surface area (Å²) in [5.74, 6) is 2.03. The summed E-state index contributed by atoms with van der Waals surface area (Å²) in [5.41, 5.74) is 6.07. The molecule has 0 aromatic carbocycles. The first-order valence-electron chi connectivity index (χ1n) is 7.63. The van der Waals surface area contributed by atoms with Gasteiger partial charge in [-0.25, -0.2) is 4.98 Å². The number of carbonyl (C=O) groups is 1. The predicted octanol–water partition coefficient (Wildman–Crippen LogP) is 2.49. The number of carbonyl (C=O) groups excluding carboxylic acids is 1. The van der Waals surface area contributed by atoms with Crippen LogP contribution in [0.4, 0.5) is 11.5 Å². The van der Waals surface area contributed by atoms with Crippen LogP contribution in [-0.2, 0) is 4.79 Å². The van der Waals surface area contributed by atoms with E-state index in [4.69, 9.17) is 5.73 Å². The minimum absolute atomic E-state index is 0.0757. The summed E-state index contributed by atoms with van der Waals surface area (Å²) in [4.78, 5) is 18.3. The fourth-order valence-corrected chi connectivity index (χ4v) is 2.14. The summed E-state index contributed by atoms with van der Waals surface area (Å²) < 4.78 is 0. The molecule has 3 N–H and O–H groups in total. The monoisotopic (exact) mass is 292 g/mol. The maximum atomic E-state index is 11.5. The molecule has 1 aromatic rings. The van der Waals surface area contributed by atoms with Crippen molar-refractivity contribution in [3.63, 3.8) is 0 Å². The Bertz CT molecular complexity index is 418. The number of nitrogens with one attached hydrogen (secondary N) is 1. The number of amides is 1. The quantitative estimate of drug-likeness (QED) is 0.772. The lowest BCUT2D eigenvalue weighted by molar-refractivity contribution is -0.116. The first-order valence-corrected chi connectivity index (χ1v) is 7.63. The van der Waals surface area contributed by atoms with Crippen LogP contribution in [0, 0.1) is 11.8 Å². The van der Waals surface area contributed by atoms with E-state index < -0.39 is 0 Å². The van der Waals surface area contributed by atoms with Crippen LogP contribution in [0.3, 0.4) is 0 Å². The third-order valence-corrected chi connectivity index (χ3v) is 2.90. The molecule has 0 aliphatic rings. The highest BCUT2D eigenvalue weighted by molar-refractivity contribution is 5.90. The highest BCUT2D eigenvalue weighted by Gasteiger charge is 2.12. The third-order valence-electron chi connectivity index (χ3n) is 2.90. The SMILES string of the molecule is CC(C)CN(CC(C)C)c1ccc(NC(=O)CCN)cn1. The molecule has 0 saturated heterocycles. The van der Waals surface area contributed by atoms with Crippen LogP contribution < -0.4 is 16.0 Å². The molecule has 0 bridgehead atoms. The number of rotatable bonds is 8. The maximum absolute atomic E-state index is 11.5. The molecule has 1 heterocycles. The number of pyridine rings is 1. The number of aromatic nitrogens is 1. The van der Waals surface area contributed by atoms with Crippen LogP contribution >= 0.6 is 0 Å². The molecule has 0 radical (unpaired) electrons. The molecule has 21 heavy (non-hydrogen) atoms. The molecule has 0 unspecified atom stereocenters. The molecule has 1 amide bonds. The number of anilines is 2. The van der Waals surface area contributed by atoms with Gasteiger partial charge in [0.15, 0.2) is 0 Å². The van der Waals surface area contributed by atoms with E-state index in [0.29, 0.717) is 30.5 Å². The Kier molecular flexibility index (Phi) is 7.15. The zero-order valence-electron chi connectivity index (χ0n) is 13.6. The molecule has 5 heteroatoms. The van der Waals surface area contributed by atoms with E-state index in [1.807, 2.05) is 12.1 Å². The van der Waals surface area contributed by atoms with Crippen LogP contribution in [0.2, 0.25) is 0 Å². The molecule has 0 aliphatic heterocycles. The molecular formula is C16H28N4O. The number of nitrogens with zero attached hydrogens (tertiary/aromatic N) is 2. The van der Waals surface area contributed by atoms with Crippen LogP contribution in [0.25, 0.3) is 0 Å². The Balaban J connectivity index is 2.74. The lowest BCUT2D eigenvalue weighted by Crippen LogP contribution is -2.32. The van der Waals surface area contributed by atoms with Gasteiger partial charge in [-0.15, -0.1) is 0 Å².